The molecule has 0 amide bonds. The van der Waals surface area contributed by atoms with Gasteiger partial charge in [-0.05, 0) is 29.7 Å². The molecule has 0 radical (unpaired) electrons. The maximum atomic E-state index is 10.6. The number of non-ortho nitro benzene ring substituents is 1. The Hall–Kier alpha value is -2.89. The van der Waals surface area contributed by atoms with Gasteiger partial charge in [0.05, 0.1) is 11.5 Å². The Labute approximate surface area is 128 Å². The Morgan fingerprint density at radius 1 is 1.14 bits per heavy atom. The second kappa shape index (κ2) is 7.21. The Morgan fingerprint density at radius 3 is 2.27 bits per heavy atom. The van der Waals surface area contributed by atoms with Crippen molar-refractivity contribution in [2.45, 2.75) is 19.9 Å². The fourth-order valence-corrected chi connectivity index (χ4v) is 1.91. The van der Waals surface area contributed by atoms with Crippen molar-refractivity contribution >= 4 is 17.3 Å². The summed E-state index contributed by atoms with van der Waals surface area (Å²) in [6.07, 6.45) is 0.990. The van der Waals surface area contributed by atoms with Gasteiger partial charge in [0.1, 0.15) is 0 Å². The van der Waals surface area contributed by atoms with Crippen LogP contribution in [0, 0.1) is 10.1 Å². The normalized spacial score (nSPS) is 11.2. The van der Waals surface area contributed by atoms with Gasteiger partial charge in [-0.15, -0.1) is 0 Å². The zero-order chi connectivity index (χ0) is 15.9. The number of anilines is 1. The van der Waals surface area contributed by atoms with Crippen LogP contribution in [0.3, 0.4) is 0 Å². The number of hydrogen-bond donors (Lipinski definition) is 2. The van der Waals surface area contributed by atoms with E-state index in [1.54, 1.807) is 12.1 Å². The Kier molecular flexibility index (Phi) is 5.08. The van der Waals surface area contributed by atoms with E-state index < -0.39 is 4.92 Å². The predicted molar refractivity (Wildman–Crippen MR) is 87.9 cm³/mol. The Bertz CT molecular complexity index is 664. The van der Waals surface area contributed by atoms with Gasteiger partial charge in [0.25, 0.3) is 5.69 Å². The third kappa shape index (κ3) is 4.31. The maximum absolute atomic E-state index is 10.6. The Balaban J connectivity index is 1.95. The van der Waals surface area contributed by atoms with Crippen molar-refractivity contribution in [1.82, 2.24) is 0 Å². The molecule has 6 heteroatoms. The van der Waals surface area contributed by atoms with Crippen molar-refractivity contribution in [3.63, 3.8) is 0 Å². The zero-order valence-corrected chi connectivity index (χ0v) is 12.3. The lowest BCUT2D eigenvalue weighted by molar-refractivity contribution is -0.384. The SMILES string of the molecule is CCc1ccc(NC(N)=NCc2ccc([N+](=O)[O-])cc2)cc1. The minimum Gasteiger partial charge on any atom is -0.370 e. The van der Waals surface area contributed by atoms with Crippen LogP contribution >= 0.6 is 0 Å². The second-order valence-corrected chi connectivity index (χ2v) is 4.80. The number of rotatable bonds is 5. The summed E-state index contributed by atoms with van der Waals surface area (Å²) in [5.41, 5.74) is 8.89. The van der Waals surface area contributed by atoms with Crippen LogP contribution in [0.15, 0.2) is 53.5 Å². The van der Waals surface area contributed by atoms with E-state index in [2.05, 4.69) is 17.2 Å². The number of nitro benzene ring substituents is 1. The van der Waals surface area contributed by atoms with Crippen molar-refractivity contribution in [3.05, 3.63) is 69.8 Å². The molecule has 0 saturated heterocycles. The first kappa shape index (κ1) is 15.5. The summed E-state index contributed by atoms with van der Waals surface area (Å²) in [4.78, 5) is 14.4. The van der Waals surface area contributed by atoms with Gasteiger partial charge in [-0.2, -0.15) is 0 Å². The fraction of sp³-hybridized carbons (Fsp3) is 0.188. The summed E-state index contributed by atoms with van der Waals surface area (Å²) < 4.78 is 0. The maximum Gasteiger partial charge on any atom is 0.269 e. The number of benzene rings is 2. The zero-order valence-electron chi connectivity index (χ0n) is 12.3. The molecule has 0 heterocycles. The summed E-state index contributed by atoms with van der Waals surface area (Å²) in [6.45, 7) is 2.46. The van der Waals surface area contributed by atoms with Gasteiger partial charge >= 0.3 is 0 Å². The van der Waals surface area contributed by atoms with Gasteiger partial charge in [-0.1, -0.05) is 31.2 Å². The first-order chi connectivity index (χ1) is 10.6. The molecule has 6 nitrogen and oxygen atoms in total. The van der Waals surface area contributed by atoms with E-state index in [-0.39, 0.29) is 5.69 Å². The largest absolute Gasteiger partial charge is 0.370 e. The van der Waals surface area contributed by atoms with Crippen LogP contribution in [0.1, 0.15) is 18.1 Å². The first-order valence-corrected chi connectivity index (χ1v) is 6.97. The van der Waals surface area contributed by atoms with E-state index >= 15 is 0 Å². The molecule has 0 atom stereocenters. The molecule has 0 unspecified atom stereocenters. The van der Waals surface area contributed by atoms with Gasteiger partial charge in [0.15, 0.2) is 5.96 Å². The number of aryl methyl sites for hydroxylation is 1. The van der Waals surface area contributed by atoms with Crippen molar-refractivity contribution in [3.8, 4) is 0 Å². The van der Waals surface area contributed by atoms with Crippen LogP contribution in [-0.2, 0) is 13.0 Å². The molecule has 0 saturated carbocycles. The topological polar surface area (TPSA) is 93.5 Å². The number of nitrogens with one attached hydrogen (secondary N) is 1. The molecule has 0 aliphatic rings. The van der Waals surface area contributed by atoms with Crippen LogP contribution in [0.25, 0.3) is 0 Å². The van der Waals surface area contributed by atoms with Gasteiger partial charge in [0.2, 0.25) is 0 Å². The van der Waals surface area contributed by atoms with E-state index in [1.807, 2.05) is 24.3 Å². The monoisotopic (exact) mass is 298 g/mol. The number of nitro groups is 1. The number of guanidine groups is 1. The standard InChI is InChI=1S/C16H18N4O2/c1-2-12-3-7-14(8-4-12)19-16(17)18-11-13-5-9-15(10-6-13)20(21)22/h3-10H,2,11H2,1H3,(H3,17,18,19). The lowest BCUT2D eigenvalue weighted by atomic mass is 10.1. The number of hydrogen-bond acceptors (Lipinski definition) is 3. The smallest absolute Gasteiger partial charge is 0.269 e. The highest BCUT2D eigenvalue weighted by Crippen LogP contribution is 2.13. The molecule has 22 heavy (non-hydrogen) atoms. The highest BCUT2D eigenvalue weighted by molar-refractivity contribution is 5.92. The van der Waals surface area contributed by atoms with Crippen LogP contribution < -0.4 is 11.1 Å². The number of nitrogens with zero attached hydrogens (tertiary/aromatic N) is 2. The van der Waals surface area contributed by atoms with Crippen LogP contribution in [0.5, 0.6) is 0 Å². The van der Waals surface area contributed by atoms with Crippen LogP contribution in [0.2, 0.25) is 0 Å². The van der Waals surface area contributed by atoms with E-state index in [1.165, 1.54) is 17.7 Å². The van der Waals surface area contributed by atoms with Crippen LogP contribution in [0.4, 0.5) is 11.4 Å². The van der Waals surface area contributed by atoms with Crippen molar-refractivity contribution in [2.24, 2.45) is 10.7 Å². The highest BCUT2D eigenvalue weighted by atomic mass is 16.6. The quantitative estimate of drug-likeness (QED) is 0.384. The average molecular weight is 298 g/mol. The number of nitrogens with two attached hydrogens (primary N) is 1. The van der Waals surface area contributed by atoms with E-state index in [0.29, 0.717) is 12.5 Å². The molecule has 0 aliphatic heterocycles. The predicted octanol–water partition coefficient (Wildman–Crippen LogP) is 3.08. The van der Waals surface area contributed by atoms with E-state index in [0.717, 1.165) is 17.7 Å². The molecule has 114 valence electrons. The summed E-state index contributed by atoms with van der Waals surface area (Å²) in [5.74, 6) is 0.308. The fourth-order valence-electron chi connectivity index (χ4n) is 1.91. The van der Waals surface area contributed by atoms with Gasteiger partial charge in [0, 0.05) is 17.8 Å². The lowest BCUT2D eigenvalue weighted by Crippen LogP contribution is -2.22. The molecule has 0 bridgehead atoms. The molecular formula is C16H18N4O2. The van der Waals surface area contributed by atoms with Gasteiger partial charge < -0.3 is 11.1 Å². The molecule has 2 aromatic carbocycles. The molecular weight excluding hydrogens is 280 g/mol. The highest BCUT2D eigenvalue weighted by Gasteiger charge is 2.03. The molecule has 0 spiro atoms. The van der Waals surface area contributed by atoms with Crippen molar-refractivity contribution in [1.29, 1.82) is 0 Å². The van der Waals surface area contributed by atoms with Crippen molar-refractivity contribution < 1.29 is 4.92 Å². The minimum absolute atomic E-state index is 0.0647. The summed E-state index contributed by atoms with van der Waals surface area (Å²) in [7, 11) is 0. The summed E-state index contributed by atoms with van der Waals surface area (Å²) in [5, 5.41) is 13.6. The minimum atomic E-state index is -0.428. The third-order valence-corrected chi connectivity index (χ3v) is 3.21. The molecule has 0 fully saturated rings. The summed E-state index contributed by atoms with van der Waals surface area (Å²) >= 11 is 0. The molecule has 0 aromatic heterocycles. The second-order valence-electron chi connectivity index (χ2n) is 4.80. The third-order valence-electron chi connectivity index (χ3n) is 3.21. The van der Waals surface area contributed by atoms with E-state index in [4.69, 9.17) is 5.73 Å². The summed E-state index contributed by atoms with van der Waals surface area (Å²) in [6, 6.07) is 14.2. The molecule has 2 rings (SSSR count). The lowest BCUT2D eigenvalue weighted by Gasteiger charge is -2.06. The average Bonchev–Trinajstić information content (AvgIpc) is 2.54. The van der Waals surface area contributed by atoms with Crippen LogP contribution in [-0.4, -0.2) is 10.9 Å². The van der Waals surface area contributed by atoms with Gasteiger partial charge in [-0.25, -0.2) is 4.99 Å². The van der Waals surface area contributed by atoms with E-state index in [9.17, 15) is 10.1 Å². The molecule has 0 aliphatic carbocycles. The Morgan fingerprint density at radius 2 is 1.73 bits per heavy atom. The molecule has 3 N–H and O–H groups in total. The van der Waals surface area contributed by atoms with Gasteiger partial charge in [-0.3, -0.25) is 10.1 Å². The molecule has 2 aromatic rings. The first-order valence-electron chi connectivity index (χ1n) is 6.97. The van der Waals surface area contributed by atoms with Crippen molar-refractivity contribution in [2.75, 3.05) is 5.32 Å². The number of aliphatic imine (C=N–C) groups is 1.